The molecule has 6 rings (SSSR count). The van der Waals surface area contributed by atoms with Crippen LogP contribution in [0.1, 0.15) is 11.1 Å². The van der Waals surface area contributed by atoms with Crippen LogP contribution in [-0.2, 0) is 7.05 Å². The van der Waals surface area contributed by atoms with Crippen LogP contribution in [-0.4, -0.2) is 0 Å². The average molecular weight is 426 g/mol. The molecule has 0 aliphatic heterocycles. The largest absolute Gasteiger partial charge is 0.454 e. The van der Waals surface area contributed by atoms with E-state index in [-0.39, 0.29) is 0 Å². The molecule has 0 unspecified atom stereocenters. The number of nitrogens with zero attached hydrogens (tertiary/aromatic N) is 2. The molecule has 0 bridgehead atoms. The Morgan fingerprint density at radius 1 is 0.758 bits per heavy atom. The zero-order valence-corrected chi connectivity index (χ0v) is 18.5. The minimum Gasteiger partial charge on any atom is -0.454 e. The number of aryl methyl sites for hydroxylation is 2. The number of hydrogen-bond acceptors (Lipinski definition) is 2. The van der Waals surface area contributed by atoms with Crippen LogP contribution in [0.5, 0.6) is 0 Å². The number of rotatable bonds is 2. The number of nitriles is 1. The number of pyridine rings is 1. The second kappa shape index (κ2) is 7.32. The van der Waals surface area contributed by atoms with Crippen LogP contribution in [0, 0.1) is 18.3 Å². The molecule has 6 aromatic rings. The van der Waals surface area contributed by atoms with Crippen molar-refractivity contribution in [2.24, 2.45) is 7.05 Å². The van der Waals surface area contributed by atoms with Gasteiger partial charge in [0.25, 0.3) is 0 Å². The number of furan rings is 1. The molecule has 0 saturated heterocycles. The average Bonchev–Trinajstić information content (AvgIpc) is 3.22. The maximum absolute atomic E-state index is 9.95. The molecule has 0 amide bonds. The molecule has 0 atom stereocenters. The van der Waals surface area contributed by atoms with E-state index >= 15 is 0 Å². The Morgan fingerprint density at radius 3 is 2.27 bits per heavy atom. The van der Waals surface area contributed by atoms with E-state index in [0.717, 1.165) is 55.3 Å². The van der Waals surface area contributed by atoms with Crippen molar-refractivity contribution in [2.75, 3.05) is 0 Å². The van der Waals surface area contributed by atoms with Crippen molar-refractivity contribution in [3.63, 3.8) is 0 Å². The SMILES string of the molecule is Cc1ccc2c(oc3c(-c4ccc5ccccc5c4)c(C#N)ccc32)c1-c1cccc[n+]1C. The van der Waals surface area contributed by atoms with Crippen molar-refractivity contribution in [2.45, 2.75) is 6.92 Å². The summed E-state index contributed by atoms with van der Waals surface area (Å²) in [6.45, 7) is 2.11. The van der Waals surface area contributed by atoms with Crippen LogP contribution in [0.15, 0.2) is 95.5 Å². The quantitative estimate of drug-likeness (QED) is 0.278. The molecular formula is C30H21N2O+. The highest BCUT2D eigenvalue weighted by Crippen LogP contribution is 2.42. The molecule has 0 spiro atoms. The summed E-state index contributed by atoms with van der Waals surface area (Å²) in [5, 5.41) is 14.3. The van der Waals surface area contributed by atoms with Crippen molar-refractivity contribution >= 4 is 32.7 Å². The predicted molar refractivity (Wildman–Crippen MR) is 133 cm³/mol. The first-order valence-corrected chi connectivity index (χ1v) is 11.0. The molecule has 33 heavy (non-hydrogen) atoms. The van der Waals surface area contributed by atoms with Gasteiger partial charge in [-0.15, -0.1) is 0 Å². The minimum absolute atomic E-state index is 0.611. The Balaban J connectivity index is 1.72. The van der Waals surface area contributed by atoms with E-state index in [4.69, 9.17) is 4.42 Å². The summed E-state index contributed by atoms with van der Waals surface area (Å²) in [7, 11) is 2.05. The summed E-state index contributed by atoms with van der Waals surface area (Å²) in [6.07, 6.45) is 2.05. The van der Waals surface area contributed by atoms with Gasteiger partial charge < -0.3 is 4.42 Å². The summed E-state index contributed by atoms with van der Waals surface area (Å²) in [4.78, 5) is 0. The van der Waals surface area contributed by atoms with Gasteiger partial charge >= 0.3 is 0 Å². The molecule has 3 nitrogen and oxygen atoms in total. The highest BCUT2D eigenvalue weighted by Gasteiger charge is 2.22. The van der Waals surface area contributed by atoms with Gasteiger partial charge in [-0.25, -0.2) is 4.57 Å². The van der Waals surface area contributed by atoms with E-state index in [1.807, 2.05) is 49.6 Å². The smallest absolute Gasteiger partial charge is 0.216 e. The fraction of sp³-hybridized carbons (Fsp3) is 0.0667. The van der Waals surface area contributed by atoms with Gasteiger partial charge in [0, 0.05) is 28.5 Å². The summed E-state index contributed by atoms with van der Waals surface area (Å²) in [6, 6.07) is 31.3. The van der Waals surface area contributed by atoms with Crippen LogP contribution in [0.25, 0.3) is 55.1 Å². The first kappa shape index (κ1) is 19.3. The zero-order chi connectivity index (χ0) is 22.5. The van der Waals surface area contributed by atoms with Gasteiger partial charge in [0.2, 0.25) is 5.69 Å². The number of fused-ring (bicyclic) bond motifs is 4. The van der Waals surface area contributed by atoms with Crippen molar-refractivity contribution in [1.29, 1.82) is 5.26 Å². The highest BCUT2D eigenvalue weighted by molar-refractivity contribution is 6.14. The van der Waals surface area contributed by atoms with Gasteiger partial charge in [0.05, 0.1) is 17.2 Å². The Labute approximate surface area is 191 Å². The first-order valence-electron chi connectivity index (χ1n) is 11.0. The molecule has 156 valence electrons. The van der Waals surface area contributed by atoms with Crippen molar-refractivity contribution in [3.05, 3.63) is 102 Å². The summed E-state index contributed by atoms with van der Waals surface area (Å²) < 4.78 is 8.76. The molecule has 2 aromatic heterocycles. The van der Waals surface area contributed by atoms with Crippen molar-refractivity contribution in [3.8, 4) is 28.5 Å². The number of aromatic nitrogens is 1. The molecule has 3 heteroatoms. The molecule has 0 saturated carbocycles. The Morgan fingerprint density at radius 2 is 1.48 bits per heavy atom. The van der Waals surface area contributed by atoms with Crippen LogP contribution in [0.4, 0.5) is 0 Å². The van der Waals surface area contributed by atoms with E-state index in [0.29, 0.717) is 5.56 Å². The second-order valence-corrected chi connectivity index (χ2v) is 8.47. The lowest BCUT2D eigenvalue weighted by Crippen LogP contribution is -2.30. The molecule has 4 aromatic carbocycles. The molecule has 0 aliphatic rings. The summed E-state index contributed by atoms with van der Waals surface area (Å²) >= 11 is 0. The van der Waals surface area contributed by atoms with Gasteiger partial charge in [0.15, 0.2) is 6.20 Å². The van der Waals surface area contributed by atoms with E-state index < -0.39 is 0 Å². The van der Waals surface area contributed by atoms with E-state index in [1.54, 1.807) is 0 Å². The second-order valence-electron chi connectivity index (χ2n) is 8.47. The zero-order valence-electron chi connectivity index (χ0n) is 18.5. The van der Waals surface area contributed by atoms with Crippen LogP contribution in [0.3, 0.4) is 0 Å². The van der Waals surface area contributed by atoms with E-state index in [2.05, 4.69) is 66.1 Å². The maximum Gasteiger partial charge on any atom is 0.216 e. The number of hydrogen-bond donors (Lipinski definition) is 0. The summed E-state index contributed by atoms with van der Waals surface area (Å²) in [5.41, 5.74) is 7.36. The van der Waals surface area contributed by atoms with E-state index in [9.17, 15) is 5.26 Å². The minimum atomic E-state index is 0.611. The first-order chi connectivity index (χ1) is 16.2. The lowest BCUT2D eigenvalue weighted by molar-refractivity contribution is -0.660. The monoisotopic (exact) mass is 425 g/mol. The van der Waals surface area contributed by atoms with Crippen LogP contribution < -0.4 is 4.57 Å². The van der Waals surface area contributed by atoms with Crippen LogP contribution >= 0.6 is 0 Å². The van der Waals surface area contributed by atoms with Gasteiger partial charge in [-0.1, -0.05) is 48.5 Å². The van der Waals surface area contributed by atoms with Crippen molar-refractivity contribution < 1.29 is 8.98 Å². The van der Waals surface area contributed by atoms with Crippen LogP contribution in [0.2, 0.25) is 0 Å². The maximum atomic E-state index is 9.95. The van der Waals surface area contributed by atoms with Gasteiger partial charge in [-0.05, 0) is 53.1 Å². The van der Waals surface area contributed by atoms with Crippen molar-refractivity contribution in [1.82, 2.24) is 0 Å². The Bertz CT molecular complexity index is 1750. The number of benzene rings is 4. The van der Waals surface area contributed by atoms with Gasteiger partial charge in [0.1, 0.15) is 18.2 Å². The Kier molecular flexibility index (Phi) is 4.28. The molecule has 0 N–H and O–H groups in total. The highest BCUT2D eigenvalue weighted by atomic mass is 16.3. The predicted octanol–water partition coefficient (Wildman–Crippen LogP) is 7.08. The topological polar surface area (TPSA) is 40.8 Å². The fourth-order valence-electron chi connectivity index (χ4n) is 4.83. The summed E-state index contributed by atoms with van der Waals surface area (Å²) in [5.74, 6) is 0. The van der Waals surface area contributed by atoms with E-state index in [1.165, 1.54) is 5.39 Å². The Hall–Kier alpha value is -4.42. The fourth-order valence-corrected chi connectivity index (χ4v) is 4.83. The third-order valence-electron chi connectivity index (χ3n) is 6.49. The molecular weight excluding hydrogens is 404 g/mol. The van der Waals surface area contributed by atoms with Gasteiger partial charge in [-0.3, -0.25) is 0 Å². The third-order valence-corrected chi connectivity index (χ3v) is 6.49. The third kappa shape index (κ3) is 2.92. The molecule has 0 radical (unpaired) electrons. The standard InChI is InChI=1S/C30H21N2O/c1-19-10-14-24-25-15-13-23(18-31)28(22-12-11-20-7-3-4-8-21(20)17-22)30(25)33-29(24)27(19)26-9-5-6-16-32(26)2/h3-17H,1-2H3/q+1. The molecule has 0 aliphatic carbocycles. The lowest BCUT2D eigenvalue weighted by Gasteiger charge is -2.07. The molecule has 2 heterocycles. The molecule has 0 fully saturated rings. The lowest BCUT2D eigenvalue weighted by atomic mass is 9.95. The normalized spacial score (nSPS) is 11.3. The van der Waals surface area contributed by atoms with Gasteiger partial charge in [-0.2, -0.15) is 5.26 Å².